The largest absolute Gasteiger partial charge is 0.316 e. The molecule has 2 unspecified atom stereocenters. The van der Waals surface area contributed by atoms with E-state index in [1.54, 1.807) is 0 Å². The van der Waals surface area contributed by atoms with Crippen LogP contribution in [0.3, 0.4) is 0 Å². The Kier molecular flexibility index (Phi) is 3.65. The summed E-state index contributed by atoms with van der Waals surface area (Å²) in [6.45, 7) is 11.0. The standard InChI is InChI=1S/C12H25N3/c1-10-8-15(9-11(2)14(10)3)5-4-12-6-13-7-12/h10-13H,4-9H2,1-3H3. The molecule has 2 fully saturated rings. The zero-order valence-corrected chi connectivity index (χ0v) is 10.4. The highest BCUT2D eigenvalue weighted by Gasteiger charge is 2.27. The van der Waals surface area contributed by atoms with Crippen LogP contribution in [0.25, 0.3) is 0 Å². The molecule has 2 aliphatic rings. The number of nitrogens with one attached hydrogen (secondary N) is 1. The third-order valence-electron chi connectivity index (χ3n) is 4.15. The monoisotopic (exact) mass is 211 g/mol. The number of hydrogen-bond acceptors (Lipinski definition) is 3. The average molecular weight is 211 g/mol. The fourth-order valence-corrected chi connectivity index (χ4v) is 2.61. The molecule has 2 saturated heterocycles. The molecule has 0 aromatic heterocycles. The molecule has 0 amide bonds. The summed E-state index contributed by atoms with van der Waals surface area (Å²) < 4.78 is 0. The zero-order chi connectivity index (χ0) is 10.8. The third-order valence-corrected chi connectivity index (χ3v) is 4.15. The lowest BCUT2D eigenvalue weighted by Gasteiger charge is -2.43. The predicted octanol–water partition coefficient (Wildman–Crippen LogP) is 0.620. The van der Waals surface area contributed by atoms with Gasteiger partial charge in [0.1, 0.15) is 0 Å². The molecule has 3 heteroatoms. The van der Waals surface area contributed by atoms with Crippen LogP contribution in [-0.2, 0) is 0 Å². The Labute approximate surface area is 93.8 Å². The van der Waals surface area contributed by atoms with Gasteiger partial charge in [0.15, 0.2) is 0 Å². The lowest BCUT2D eigenvalue weighted by molar-refractivity contribution is 0.0550. The quantitative estimate of drug-likeness (QED) is 0.738. The van der Waals surface area contributed by atoms with Crippen molar-refractivity contribution in [3.63, 3.8) is 0 Å². The van der Waals surface area contributed by atoms with E-state index in [1.165, 1.54) is 39.1 Å². The Bertz CT molecular complexity index is 191. The molecular weight excluding hydrogens is 186 g/mol. The number of piperazine rings is 1. The summed E-state index contributed by atoms with van der Waals surface area (Å²) >= 11 is 0. The van der Waals surface area contributed by atoms with Gasteiger partial charge in [0.2, 0.25) is 0 Å². The second-order valence-corrected chi connectivity index (χ2v) is 5.44. The van der Waals surface area contributed by atoms with Gasteiger partial charge in [0, 0.05) is 25.2 Å². The maximum atomic E-state index is 3.35. The first-order valence-electron chi connectivity index (χ1n) is 6.32. The minimum atomic E-state index is 0.716. The summed E-state index contributed by atoms with van der Waals surface area (Å²) in [5, 5.41) is 3.35. The van der Waals surface area contributed by atoms with Crippen LogP contribution >= 0.6 is 0 Å². The molecule has 2 atom stereocenters. The molecule has 0 bridgehead atoms. The van der Waals surface area contributed by atoms with Crippen molar-refractivity contribution in [3.05, 3.63) is 0 Å². The summed E-state index contributed by atoms with van der Waals surface area (Å²) in [6, 6.07) is 1.43. The molecule has 0 aromatic carbocycles. The molecule has 0 radical (unpaired) electrons. The maximum Gasteiger partial charge on any atom is 0.0195 e. The molecule has 15 heavy (non-hydrogen) atoms. The highest BCUT2D eigenvalue weighted by molar-refractivity contribution is 4.84. The van der Waals surface area contributed by atoms with Gasteiger partial charge in [0.25, 0.3) is 0 Å². The molecule has 0 aromatic rings. The number of hydrogen-bond donors (Lipinski definition) is 1. The SMILES string of the molecule is CC1CN(CCC2CNC2)CC(C)N1C. The van der Waals surface area contributed by atoms with E-state index in [0.29, 0.717) is 12.1 Å². The summed E-state index contributed by atoms with van der Waals surface area (Å²) in [4.78, 5) is 5.15. The van der Waals surface area contributed by atoms with Gasteiger partial charge < -0.3 is 10.2 Å². The fraction of sp³-hybridized carbons (Fsp3) is 1.00. The number of rotatable bonds is 3. The van der Waals surface area contributed by atoms with Gasteiger partial charge in [-0.3, -0.25) is 4.90 Å². The van der Waals surface area contributed by atoms with Crippen molar-refractivity contribution in [1.29, 1.82) is 0 Å². The van der Waals surface area contributed by atoms with Crippen molar-refractivity contribution in [1.82, 2.24) is 15.1 Å². The van der Waals surface area contributed by atoms with E-state index in [0.717, 1.165) is 5.92 Å². The zero-order valence-electron chi connectivity index (χ0n) is 10.4. The molecule has 2 aliphatic heterocycles. The minimum absolute atomic E-state index is 0.716. The van der Waals surface area contributed by atoms with E-state index < -0.39 is 0 Å². The van der Waals surface area contributed by atoms with Crippen LogP contribution in [-0.4, -0.2) is 61.7 Å². The second kappa shape index (κ2) is 4.81. The van der Waals surface area contributed by atoms with Gasteiger partial charge in [-0.15, -0.1) is 0 Å². The Morgan fingerprint density at radius 1 is 1.13 bits per heavy atom. The summed E-state index contributed by atoms with van der Waals surface area (Å²) in [7, 11) is 2.25. The number of nitrogens with zero attached hydrogens (tertiary/aromatic N) is 2. The van der Waals surface area contributed by atoms with Crippen LogP contribution in [0.4, 0.5) is 0 Å². The van der Waals surface area contributed by atoms with E-state index >= 15 is 0 Å². The van der Waals surface area contributed by atoms with Crippen LogP contribution < -0.4 is 5.32 Å². The summed E-state index contributed by atoms with van der Waals surface area (Å²) in [5.74, 6) is 0.954. The molecule has 0 spiro atoms. The van der Waals surface area contributed by atoms with Crippen molar-refractivity contribution in [2.45, 2.75) is 32.4 Å². The van der Waals surface area contributed by atoms with Crippen LogP contribution in [0.15, 0.2) is 0 Å². The smallest absolute Gasteiger partial charge is 0.0195 e. The summed E-state index contributed by atoms with van der Waals surface area (Å²) in [5.41, 5.74) is 0. The first-order valence-corrected chi connectivity index (χ1v) is 6.32. The minimum Gasteiger partial charge on any atom is -0.316 e. The lowest BCUT2D eigenvalue weighted by atomic mass is 9.98. The van der Waals surface area contributed by atoms with E-state index in [4.69, 9.17) is 0 Å². The molecule has 3 nitrogen and oxygen atoms in total. The average Bonchev–Trinajstić information content (AvgIpc) is 2.11. The van der Waals surface area contributed by atoms with Crippen LogP contribution in [0.1, 0.15) is 20.3 Å². The molecule has 0 aliphatic carbocycles. The van der Waals surface area contributed by atoms with Crippen LogP contribution in [0.5, 0.6) is 0 Å². The Morgan fingerprint density at radius 2 is 1.73 bits per heavy atom. The van der Waals surface area contributed by atoms with E-state index in [1.807, 2.05) is 0 Å². The lowest BCUT2D eigenvalue weighted by Crippen LogP contribution is -2.55. The number of likely N-dealkylation sites (N-methyl/N-ethyl adjacent to an activating group) is 1. The van der Waals surface area contributed by atoms with Crippen LogP contribution in [0, 0.1) is 5.92 Å². The highest BCUT2D eigenvalue weighted by Crippen LogP contribution is 2.15. The first kappa shape index (κ1) is 11.4. The molecular formula is C12H25N3. The van der Waals surface area contributed by atoms with Gasteiger partial charge in [-0.25, -0.2) is 0 Å². The first-order chi connectivity index (χ1) is 7.16. The fourth-order valence-electron chi connectivity index (χ4n) is 2.61. The van der Waals surface area contributed by atoms with Gasteiger partial charge in [0.05, 0.1) is 0 Å². The van der Waals surface area contributed by atoms with E-state index in [-0.39, 0.29) is 0 Å². The Morgan fingerprint density at radius 3 is 2.20 bits per heavy atom. The van der Waals surface area contributed by atoms with Crippen LogP contribution in [0.2, 0.25) is 0 Å². The molecule has 2 rings (SSSR count). The Hall–Kier alpha value is -0.120. The summed E-state index contributed by atoms with van der Waals surface area (Å²) in [6.07, 6.45) is 1.39. The van der Waals surface area contributed by atoms with Crippen molar-refractivity contribution < 1.29 is 0 Å². The third kappa shape index (κ3) is 2.71. The van der Waals surface area contributed by atoms with Gasteiger partial charge in [-0.2, -0.15) is 0 Å². The van der Waals surface area contributed by atoms with Gasteiger partial charge in [-0.05, 0) is 52.9 Å². The second-order valence-electron chi connectivity index (χ2n) is 5.44. The van der Waals surface area contributed by atoms with Gasteiger partial charge >= 0.3 is 0 Å². The Balaban J connectivity index is 1.73. The normalized spacial score (nSPS) is 35.4. The van der Waals surface area contributed by atoms with Gasteiger partial charge in [-0.1, -0.05) is 0 Å². The van der Waals surface area contributed by atoms with Crippen molar-refractivity contribution in [3.8, 4) is 0 Å². The van der Waals surface area contributed by atoms with Crippen molar-refractivity contribution in [2.75, 3.05) is 39.8 Å². The molecule has 1 N–H and O–H groups in total. The molecule has 2 heterocycles. The van der Waals surface area contributed by atoms with E-state index in [9.17, 15) is 0 Å². The predicted molar refractivity (Wildman–Crippen MR) is 64.1 cm³/mol. The van der Waals surface area contributed by atoms with Crippen molar-refractivity contribution >= 4 is 0 Å². The molecule has 88 valence electrons. The topological polar surface area (TPSA) is 18.5 Å². The van der Waals surface area contributed by atoms with Crippen molar-refractivity contribution in [2.24, 2.45) is 5.92 Å². The maximum absolute atomic E-state index is 3.35. The molecule has 0 saturated carbocycles. The van der Waals surface area contributed by atoms with E-state index in [2.05, 4.69) is 36.0 Å². The highest BCUT2D eigenvalue weighted by atomic mass is 15.3.